The molecule has 0 radical (unpaired) electrons. The summed E-state index contributed by atoms with van der Waals surface area (Å²) in [5.74, 6) is 1.74. The van der Waals surface area contributed by atoms with Crippen LogP contribution in [0.3, 0.4) is 0 Å². The van der Waals surface area contributed by atoms with E-state index in [1.807, 2.05) is 0 Å². The van der Waals surface area contributed by atoms with Crippen LogP contribution in [0.4, 0.5) is 5.69 Å². The van der Waals surface area contributed by atoms with E-state index in [0.717, 1.165) is 71.4 Å². The number of benzene rings is 2. The van der Waals surface area contributed by atoms with Crippen molar-refractivity contribution in [2.75, 3.05) is 43.6 Å². The third-order valence-electron chi connectivity index (χ3n) is 7.12. The van der Waals surface area contributed by atoms with Gasteiger partial charge in [-0.05, 0) is 67.9 Å². The monoisotopic (exact) mass is 506 g/mol. The lowest BCUT2D eigenvalue weighted by atomic mass is 10.00. The van der Waals surface area contributed by atoms with Crippen LogP contribution in [0, 0.1) is 5.92 Å². The normalized spacial score (nSPS) is 19.1. The van der Waals surface area contributed by atoms with E-state index in [1.54, 1.807) is 0 Å². The summed E-state index contributed by atoms with van der Waals surface area (Å²) in [7, 11) is -0.111. The topological polar surface area (TPSA) is 38.8 Å². The van der Waals surface area contributed by atoms with Gasteiger partial charge in [0.15, 0.2) is 0 Å². The highest BCUT2D eigenvalue weighted by molar-refractivity contribution is 8.16. The lowest BCUT2D eigenvalue weighted by Crippen LogP contribution is -2.48. The van der Waals surface area contributed by atoms with Gasteiger partial charge in [0.2, 0.25) is 5.91 Å². The number of hydrogen-bond acceptors (Lipinski definition) is 4. The van der Waals surface area contributed by atoms with Gasteiger partial charge in [-0.2, -0.15) is 0 Å². The molecular formula is C30H42N4OS. The summed E-state index contributed by atoms with van der Waals surface area (Å²) in [5.41, 5.74) is 1.25. The number of piperazine rings is 1. The van der Waals surface area contributed by atoms with E-state index < -0.39 is 0 Å². The average molecular weight is 507 g/mol. The molecule has 194 valence electrons. The van der Waals surface area contributed by atoms with E-state index in [0.29, 0.717) is 0 Å². The average Bonchev–Trinajstić information content (AvgIpc) is 3.38. The number of nitrogens with zero attached hydrogens (tertiary/aromatic N) is 3. The first kappa shape index (κ1) is 26.5. The maximum Gasteiger partial charge on any atom is 0.223 e. The first-order valence-corrected chi connectivity index (χ1v) is 14.9. The lowest BCUT2D eigenvalue weighted by molar-refractivity contribution is -0.125. The molecule has 0 aliphatic carbocycles. The Balaban J connectivity index is 1.26. The van der Waals surface area contributed by atoms with E-state index in [4.69, 9.17) is 0 Å². The number of unbranched alkanes of at least 4 members (excludes halogenated alkanes) is 1. The Morgan fingerprint density at radius 3 is 2.31 bits per heavy atom. The second-order valence-corrected chi connectivity index (χ2v) is 11.4. The highest BCUT2D eigenvalue weighted by atomic mass is 32.2. The molecule has 2 aliphatic heterocycles. The van der Waals surface area contributed by atoms with Crippen molar-refractivity contribution in [2.24, 2.45) is 5.92 Å². The minimum Gasteiger partial charge on any atom is -0.356 e. The molecule has 0 saturated carbocycles. The molecule has 2 unspecified atom stereocenters. The van der Waals surface area contributed by atoms with Gasteiger partial charge in [0.1, 0.15) is 5.82 Å². The van der Waals surface area contributed by atoms with Crippen molar-refractivity contribution in [3.05, 3.63) is 72.6 Å². The molecule has 2 aliphatic rings. The SMILES string of the molecule is CCCC(CC)C(=O)NCCCCN1CCN(C2=CC=S(c3ccccc3)N2c2ccccc2)CC1. The maximum atomic E-state index is 12.3. The molecule has 0 spiro atoms. The van der Waals surface area contributed by atoms with Crippen LogP contribution in [0.5, 0.6) is 0 Å². The number of allylic oxidation sites excluding steroid dienone is 1. The number of hydrogen-bond donors (Lipinski definition) is 1. The summed E-state index contributed by atoms with van der Waals surface area (Å²) in [6.45, 7) is 10.4. The zero-order chi connectivity index (χ0) is 25.2. The van der Waals surface area contributed by atoms with Crippen molar-refractivity contribution in [1.82, 2.24) is 15.1 Å². The first-order chi connectivity index (χ1) is 17.7. The quantitative estimate of drug-likeness (QED) is 0.295. The molecule has 1 saturated heterocycles. The van der Waals surface area contributed by atoms with Crippen LogP contribution in [0.1, 0.15) is 46.0 Å². The number of rotatable bonds is 12. The maximum absolute atomic E-state index is 12.3. The number of nitrogens with one attached hydrogen (secondary N) is 1. The molecule has 0 bridgehead atoms. The third kappa shape index (κ3) is 6.80. The Morgan fingerprint density at radius 2 is 1.64 bits per heavy atom. The number of carbonyl (C=O) groups excluding carboxylic acids is 1. The predicted octanol–water partition coefficient (Wildman–Crippen LogP) is 5.73. The van der Waals surface area contributed by atoms with Gasteiger partial charge in [-0.3, -0.25) is 14.0 Å². The molecule has 5 nitrogen and oxygen atoms in total. The van der Waals surface area contributed by atoms with Crippen LogP contribution < -0.4 is 9.62 Å². The zero-order valence-corrected chi connectivity index (χ0v) is 22.8. The third-order valence-corrected chi connectivity index (χ3v) is 9.06. The van der Waals surface area contributed by atoms with Crippen molar-refractivity contribution in [3.8, 4) is 0 Å². The highest BCUT2D eigenvalue weighted by Crippen LogP contribution is 2.42. The van der Waals surface area contributed by atoms with E-state index in [2.05, 4.69) is 105 Å². The van der Waals surface area contributed by atoms with Crippen LogP contribution in [-0.4, -0.2) is 60.3 Å². The molecule has 1 N–H and O–H groups in total. The molecule has 2 atom stereocenters. The fourth-order valence-corrected chi connectivity index (χ4v) is 6.93. The highest BCUT2D eigenvalue weighted by Gasteiger charge is 2.28. The molecule has 0 aromatic heterocycles. The molecule has 1 amide bonds. The summed E-state index contributed by atoms with van der Waals surface area (Å²) in [5, 5.41) is 5.52. The van der Waals surface area contributed by atoms with Gasteiger partial charge in [0.05, 0.1) is 5.69 Å². The van der Waals surface area contributed by atoms with E-state index in [9.17, 15) is 4.79 Å². The molecule has 1 fully saturated rings. The molecule has 2 heterocycles. The molecule has 2 aromatic carbocycles. The van der Waals surface area contributed by atoms with Crippen molar-refractivity contribution in [1.29, 1.82) is 0 Å². The minimum atomic E-state index is -0.111. The van der Waals surface area contributed by atoms with Crippen LogP contribution in [-0.2, 0) is 4.79 Å². The number of anilines is 1. The van der Waals surface area contributed by atoms with Gasteiger partial charge < -0.3 is 10.2 Å². The fraction of sp³-hybridized carbons (Fsp3) is 0.467. The summed E-state index contributed by atoms with van der Waals surface area (Å²) in [6.07, 6.45) is 7.51. The molecule has 6 heteroatoms. The standard InChI is InChI=1S/C30H42N4OS/c1-3-13-26(4-2)30(35)31-19-11-12-20-32-21-23-33(24-22-32)29-18-25-36(28-16-9-6-10-17-28)34(29)27-14-7-5-8-15-27/h5-10,14-18,25-26H,3-4,11-13,19-24H2,1-2H3,(H,31,35). The van der Waals surface area contributed by atoms with Crippen molar-refractivity contribution < 1.29 is 4.79 Å². The Bertz CT molecular complexity index is 1020. The van der Waals surface area contributed by atoms with Crippen LogP contribution in [0.25, 0.3) is 0 Å². The van der Waals surface area contributed by atoms with E-state index in [-0.39, 0.29) is 22.5 Å². The second-order valence-electron chi connectivity index (χ2n) is 9.64. The summed E-state index contributed by atoms with van der Waals surface area (Å²) in [6, 6.07) is 21.6. The molecule has 36 heavy (non-hydrogen) atoms. The van der Waals surface area contributed by atoms with Gasteiger partial charge in [-0.15, -0.1) is 0 Å². The zero-order valence-electron chi connectivity index (χ0n) is 21.9. The number of carbonyl (C=O) groups is 1. The number of para-hydroxylation sites is 1. The van der Waals surface area contributed by atoms with E-state index >= 15 is 0 Å². The van der Waals surface area contributed by atoms with Crippen molar-refractivity contribution >= 4 is 27.6 Å². The Labute approximate surface area is 220 Å². The number of amides is 1. The Kier molecular flexibility index (Phi) is 10.1. The fourth-order valence-electron chi connectivity index (χ4n) is 5.03. The van der Waals surface area contributed by atoms with Crippen LogP contribution >= 0.6 is 10.7 Å². The predicted molar refractivity (Wildman–Crippen MR) is 154 cm³/mol. The minimum absolute atomic E-state index is 0.111. The Morgan fingerprint density at radius 1 is 0.944 bits per heavy atom. The molecular weight excluding hydrogens is 464 g/mol. The lowest BCUT2D eigenvalue weighted by Gasteiger charge is -2.40. The van der Waals surface area contributed by atoms with Crippen molar-refractivity contribution in [3.63, 3.8) is 0 Å². The van der Waals surface area contributed by atoms with Gasteiger partial charge in [0.25, 0.3) is 0 Å². The van der Waals surface area contributed by atoms with Crippen molar-refractivity contribution in [2.45, 2.75) is 50.8 Å². The van der Waals surface area contributed by atoms with Crippen LogP contribution in [0.2, 0.25) is 0 Å². The summed E-state index contributed by atoms with van der Waals surface area (Å²) < 4.78 is 2.51. The van der Waals surface area contributed by atoms with Crippen LogP contribution in [0.15, 0.2) is 77.5 Å². The van der Waals surface area contributed by atoms with Gasteiger partial charge in [0, 0.05) is 43.5 Å². The largest absolute Gasteiger partial charge is 0.356 e. The Hall–Kier alpha value is -2.57. The van der Waals surface area contributed by atoms with Gasteiger partial charge in [-0.1, -0.05) is 67.3 Å². The van der Waals surface area contributed by atoms with E-state index in [1.165, 1.54) is 16.4 Å². The smallest absolute Gasteiger partial charge is 0.223 e. The van der Waals surface area contributed by atoms with Gasteiger partial charge >= 0.3 is 0 Å². The van der Waals surface area contributed by atoms with Gasteiger partial charge in [-0.25, -0.2) is 0 Å². The second kappa shape index (κ2) is 13.7. The summed E-state index contributed by atoms with van der Waals surface area (Å²) >= 11 is 0. The first-order valence-electron chi connectivity index (χ1n) is 13.6. The molecule has 4 rings (SSSR count). The molecule has 2 aromatic rings. The summed E-state index contributed by atoms with van der Waals surface area (Å²) in [4.78, 5) is 18.8.